The van der Waals surface area contributed by atoms with Gasteiger partial charge in [-0.2, -0.15) is 5.10 Å². The Balaban J connectivity index is 1.73. The average molecular weight is 240 g/mol. The molecular formula is C13H12N4O. The third kappa shape index (κ3) is 2.10. The van der Waals surface area contributed by atoms with E-state index in [2.05, 4.69) is 20.5 Å². The molecule has 3 aromatic rings. The summed E-state index contributed by atoms with van der Waals surface area (Å²) in [4.78, 5) is 14.9. The van der Waals surface area contributed by atoms with Gasteiger partial charge in [-0.3, -0.25) is 9.89 Å². The largest absolute Gasteiger partial charge is 0.361 e. The number of carbonyl (C=O) groups excluding carboxylic acids is 1. The van der Waals surface area contributed by atoms with E-state index in [1.54, 1.807) is 12.3 Å². The standard InChI is InChI=1S/C13H12N4O/c18-13(16-12-4-6-15-17-12)8-9-1-2-10-3-5-14-11(10)7-9/h1-7,14H,8H2,(H2,15,16,17,18). The Bertz CT molecular complexity index is 669. The van der Waals surface area contributed by atoms with Gasteiger partial charge in [0.25, 0.3) is 0 Å². The molecule has 0 aliphatic carbocycles. The van der Waals surface area contributed by atoms with Crippen LogP contribution in [0.5, 0.6) is 0 Å². The molecule has 90 valence electrons. The van der Waals surface area contributed by atoms with Crippen molar-refractivity contribution in [1.82, 2.24) is 15.2 Å². The van der Waals surface area contributed by atoms with Gasteiger partial charge in [0.15, 0.2) is 0 Å². The number of aromatic amines is 2. The second-order valence-electron chi connectivity index (χ2n) is 4.09. The first-order chi connectivity index (χ1) is 8.81. The molecule has 1 aromatic carbocycles. The van der Waals surface area contributed by atoms with Crippen LogP contribution in [0.1, 0.15) is 5.56 Å². The molecule has 3 N–H and O–H groups in total. The number of amides is 1. The van der Waals surface area contributed by atoms with Crippen LogP contribution in [0, 0.1) is 0 Å². The van der Waals surface area contributed by atoms with Crippen molar-refractivity contribution in [1.29, 1.82) is 0 Å². The van der Waals surface area contributed by atoms with Crippen LogP contribution in [-0.2, 0) is 11.2 Å². The number of hydrogen-bond donors (Lipinski definition) is 3. The SMILES string of the molecule is O=C(Cc1ccc2cc[nH]c2c1)Nc1ccn[nH]1. The number of benzene rings is 1. The molecule has 5 nitrogen and oxygen atoms in total. The summed E-state index contributed by atoms with van der Waals surface area (Å²) < 4.78 is 0. The van der Waals surface area contributed by atoms with Crippen molar-refractivity contribution in [3.63, 3.8) is 0 Å². The van der Waals surface area contributed by atoms with Crippen LogP contribution < -0.4 is 5.32 Å². The molecule has 0 fully saturated rings. The van der Waals surface area contributed by atoms with E-state index in [9.17, 15) is 4.79 Å². The minimum atomic E-state index is -0.0647. The lowest BCUT2D eigenvalue weighted by atomic mass is 10.1. The molecule has 0 bridgehead atoms. The summed E-state index contributed by atoms with van der Waals surface area (Å²) in [7, 11) is 0. The summed E-state index contributed by atoms with van der Waals surface area (Å²) in [6, 6.07) is 9.67. The van der Waals surface area contributed by atoms with E-state index in [1.807, 2.05) is 30.5 Å². The minimum absolute atomic E-state index is 0.0647. The van der Waals surface area contributed by atoms with Gasteiger partial charge < -0.3 is 10.3 Å². The lowest BCUT2D eigenvalue weighted by Crippen LogP contribution is -2.14. The smallest absolute Gasteiger partial charge is 0.229 e. The van der Waals surface area contributed by atoms with Gasteiger partial charge in [-0.25, -0.2) is 0 Å². The maximum Gasteiger partial charge on any atom is 0.229 e. The quantitative estimate of drug-likeness (QED) is 0.655. The fraction of sp³-hybridized carbons (Fsp3) is 0.0769. The lowest BCUT2D eigenvalue weighted by molar-refractivity contribution is -0.115. The molecule has 3 rings (SSSR count). The monoisotopic (exact) mass is 240 g/mol. The van der Waals surface area contributed by atoms with E-state index in [0.29, 0.717) is 12.2 Å². The van der Waals surface area contributed by atoms with Gasteiger partial charge in [0.2, 0.25) is 5.91 Å². The Morgan fingerprint density at radius 2 is 2.22 bits per heavy atom. The van der Waals surface area contributed by atoms with Crippen LogP contribution in [0.25, 0.3) is 10.9 Å². The van der Waals surface area contributed by atoms with Gasteiger partial charge in [-0.1, -0.05) is 12.1 Å². The highest BCUT2D eigenvalue weighted by Gasteiger charge is 2.05. The molecule has 0 spiro atoms. The third-order valence-electron chi connectivity index (χ3n) is 2.76. The summed E-state index contributed by atoms with van der Waals surface area (Å²) in [5.41, 5.74) is 2.02. The summed E-state index contributed by atoms with van der Waals surface area (Å²) in [6.07, 6.45) is 3.83. The van der Waals surface area contributed by atoms with Crippen molar-refractivity contribution in [2.24, 2.45) is 0 Å². The number of nitrogens with zero attached hydrogens (tertiary/aromatic N) is 1. The lowest BCUT2D eigenvalue weighted by Gasteiger charge is -2.03. The Kier molecular flexibility index (Phi) is 2.57. The van der Waals surface area contributed by atoms with E-state index >= 15 is 0 Å². The van der Waals surface area contributed by atoms with Gasteiger partial charge in [0, 0.05) is 17.8 Å². The van der Waals surface area contributed by atoms with Crippen LogP contribution in [0.4, 0.5) is 5.82 Å². The average Bonchev–Trinajstić information content (AvgIpc) is 2.98. The maximum atomic E-state index is 11.8. The second kappa shape index (κ2) is 4.37. The van der Waals surface area contributed by atoms with E-state index in [4.69, 9.17) is 0 Å². The first-order valence-corrected chi connectivity index (χ1v) is 5.66. The zero-order valence-electron chi connectivity index (χ0n) is 9.60. The zero-order chi connectivity index (χ0) is 12.4. The normalized spacial score (nSPS) is 10.7. The van der Waals surface area contributed by atoms with Crippen LogP contribution in [0.2, 0.25) is 0 Å². The fourth-order valence-corrected chi connectivity index (χ4v) is 1.91. The fourth-order valence-electron chi connectivity index (χ4n) is 1.91. The summed E-state index contributed by atoms with van der Waals surface area (Å²) >= 11 is 0. The first-order valence-electron chi connectivity index (χ1n) is 5.66. The topological polar surface area (TPSA) is 73.6 Å². The molecule has 0 aliphatic rings. The molecule has 18 heavy (non-hydrogen) atoms. The number of hydrogen-bond acceptors (Lipinski definition) is 2. The van der Waals surface area contributed by atoms with Crippen LogP contribution >= 0.6 is 0 Å². The number of carbonyl (C=O) groups is 1. The van der Waals surface area contributed by atoms with Crippen molar-refractivity contribution in [3.05, 3.63) is 48.3 Å². The molecule has 0 unspecified atom stereocenters. The van der Waals surface area contributed by atoms with Crippen LogP contribution in [-0.4, -0.2) is 21.1 Å². The van der Waals surface area contributed by atoms with Gasteiger partial charge in [0.1, 0.15) is 5.82 Å². The number of rotatable bonds is 3. The second-order valence-corrected chi connectivity index (χ2v) is 4.09. The highest BCUT2D eigenvalue weighted by atomic mass is 16.1. The van der Waals surface area contributed by atoms with Gasteiger partial charge in [0.05, 0.1) is 12.6 Å². The van der Waals surface area contributed by atoms with Crippen LogP contribution in [0.15, 0.2) is 42.7 Å². The zero-order valence-corrected chi connectivity index (χ0v) is 9.60. The van der Waals surface area contributed by atoms with E-state index in [1.165, 1.54) is 0 Å². The molecule has 0 saturated carbocycles. The molecule has 1 amide bonds. The maximum absolute atomic E-state index is 11.8. The molecule has 2 aromatic heterocycles. The summed E-state index contributed by atoms with van der Waals surface area (Å²) in [6.45, 7) is 0. The number of anilines is 1. The predicted octanol–water partition coefficient (Wildman–Crippen LogP) is 2.07. The Hall–Kier alpha value is -2.56. The van der Waals surface area contributed by atoms with Gasteiger partial charge in [-0.15, -0.1) is 0 Å². The first kappa shape index (κ1) is 10.6. The van der Waals surface area contributed by atoms with E-state index < -0.39 is 0 Å². The highest BCUT2D eigenvalue weighted by Crippen LogP contribution is 2.14. The van der Waals surface area contributed by atoms with Crippen molar-refractivity contribution in [3.8, 4) is 0 Å². The molecule has 0 radical (unpaired) electrons. The highest BCUT2D eigenvalue weighted by molar-refractivity contribution is 5.92. The Labute approximate surface area is 103 Å². The Morgan fingerprint density at radius 1 is 1.28 bits per heavy atom. The molecular weight excluding hydrogens is 228 g/mol. The van der Waals surface area contributed by atoms with Crippen molar-refractivity contribution in [2.45, 2.75) is 6.42 Å². The van der Waals surface area contributed by atoms with Crippen molar-refractivity contribution < 1.29 is 4.79 Å². The van der Waals surface area contributed by atoms with E-state index in [-0.39, 0.29) is 5.91 Å². The summed E-state index contributed by atoms with van der Waals surface area (Å²) in [5, 5.41) is 10.4. The van der Waals surface area contributed by atoms with Gasteiger partial charge in [-0.05, 0) is 23.1 Å². The third-order valence-corrected chi connectivity index (χ3v) is 2.76. The Morgan fingerprint density at radius 3 is 3.06 bits per heavy atom. The summed E-state index contributed by atoms with van der Waals surface area (Å²) in [5.74, 6) is 0.547. The molecule has 2 heterocycles. The number of H-pyrrole nitrogens is 2. The van der Waals surface area contributed by atoms with Crippen molar-refractivity contribution >= 4 is 22.6 Å². The molecule has 0 aliphatic heterocycles. The molecule has 5 heteroatoms. The van der Waals surface area contributed by atoms with Crippen molar-refractivity contribution in [2.75, 3.05) is 5.32 Å². The number of nitrogens with one attached hydrogen (secondary N) is 3. The number of aromatic nitrogens is 3. The predicted molar refractivity (Wildman–Crippen MR) is 69.2 cm³/mol. The molecule has 0 saturated heterocycles. The number of fused-ring (bicyclic) bond motifs is 1. The molecule has 0 atom stereocenters. The van der Waals surface area contributed by atoms with Gasteiger partial charge >= 0.3 is 0 Å². The minimum Gasteiger partial charge on any atom is -0.361 e. The van der Waals surface area contributed by atoms with Crippen LogP contribution in [0.3, 0.4) is 0 Å². The van der Waals surface area contributed by atoms with E-state index in [0.717, 1.165) is 16.5 Å².